The first kappa shape index (κ1) is 15.4. The third kappa shape index (κ3) is 3.77. The summed E-state index contributed by atoms with van der Waals surface area (Å²) in [4.78, 5) is 0. The monoisotopic (exact) mass is 306 g/mol. The fourth-order valence-electron chi connectivity index (χ4n) is 2.24. The Labute approximate surface area is 131 Å². The van der Waals surface area contributed by atoms with Gasteiger partial charge in [-0.3, -0.25) is 0 Å². The normalized spacial score (nSPS) is 14.0. The lowest BCUT2D eigenvalue weighted by molar-refractivity contribution is 0.732. The van der Waals surface area contributed by atoms with Crippen LogP contribution >= 0.6 is 23.2 Å². The third-order valence-corrected chi connectivity index (χ3v) is 4.61. The van der Waals surface area contributed by atoms with Crippen LogP contribution in [0.3, 0.4) is 0 Å². The molecular weight excluding hydrogens is 287 g/mol. The van der Waals surface area contributed by atoms with Gasteiger partial charge in [0.05, 0.1) is 5.38 Å². The van der Waals surface area contributed by atoms with E-state index in [0.717, 1.165) is 29.0 Å². The molecule has 2 rings (SSSR count). The van der Waals surface area contributed by atoms with Crippen LogP contribution in [0.5, 0.6) is 0 Å². The van der Waals surface area contributed by atoms with Crippen molar-refractivity contribution in [2.75, 3.05) is 0 Å². The van der Waals surface area contributed by atoms with Gasteiger partial charge < -0.3 is 0 Å². The molecule has 0 aromatic heterocycles. The highest BCUT2D eigenvalue weighted by Crippen LogP contribution is 2.29. The fraction of sp³-hybridized carbons (Fsp3) is 0.333. The van der Waals surface area contributed by atoms with Crippen molar-refractivity contribution in [1.82, 2.24) is 0 Å². The van der Waals surface area contributed by atoms with Gasteiger partial charge >= 0.3 is 0 Å². The molecule has 2 aromatic rings. The molecular formula is C18H20Cl2. The average Bonchev–Trinajstić information content (AvgIpc) is 2.49. The van der Waals surface area contributed by atoms with Crippen LogP contribution in [-0.4, -0.2) is 0 Å². The molecule has 20 heavy (non-hydrogen) atoms. The number of benzene rings is 2. The first-order chi connectivity index (χ1) is 9.61. The lowest BCUT2D eigenvalue weighted by atomic mass is 9.96. The number of halogens is 2. The molecule has 0 saturated carbocycles. The summed E-state index contributed by atoms with van der Waals surface area (Å²) in [5, 5.41) is 0.746. The summed E-state index contributed by atoms with van der Waals surface area (Å²) in [6.45, 7) is 4.46. The van der Waals surface area contributed by atoms with Crippen molar-refractivity contribution in [3.05, 3.63) is 70.2 Å². The van der Waals surface area contributed by atoms with Gasteiger partial charge in [-0.1, -0.05) is 67.9 Å². The van der Waals surface area contributed by atoms with Crippen molar-refractivity contribution in [3.63, 3.8) is 0 Å². The Hall–Kier alpha value is -0.980. The van der Waals surface area contributed by atoms with E-state index in [1.54, 1.807) is 0 Å². The molecule has 2 heteroatoms. The molecule has 0 fully saturated rings. The van der Waals surface area contributed by atoms with Crippen LogP contribution in [-0.2, 0) is 6.42 Å². The van der Waals surface area contributed by atoms with Crippen LogP contribution in [0.2, 0.25) is 5.02 Å². The summed E-state index contributed by atoms with van der Waals surface area (Å²) >= 11 is 12.7. The van der Waals surface area contributed by atoms with Crippen LogP contribution in [0.15, 0.2) is 48.5 Å². The van der Waals surface area contributed by atoms with Crippen LogP contribution < -0.4 is 0 Å². The number of hydrogen-bond donors (Lipinski definition) is 0. The minimum Gasteiger partial charge on any atom is -0.117 e. The zero-order valence-corrected chi connectivity index (χ0v) is 13.5. The second-order valence-corrected chi connectivity index (χ2v) is 6.17. The Bertz CT molecular complexity index is 546. The van der Waals surface area contributed by atoms with Crippen LogP contribution in [0, 0.1) is 0 Å². The van der Waals surface area contributed by atoms with Gasteiger partial charge in [0.1, 0.15) is 0 Å². The summed E-state index contributed by atoms with van der Waals surface area (Å²) in [5.41, 5.74) is 3.62. The maximum Gasteiger partial charge on any atom is 0.0626 e. The van der Waals surface area contributed by atoms with Gasteiger partial charge in [0.25, 0.3) is 0 Å². The largest absolute Gasteiger partial charge is 0.117 e. The zero-order valence-electron chi connectivity index (χ0n) is 11.9. The molecule has 0 heterocycles. The van der Waals surface area contributed by atoms with Crippen LogP contribution in [0.4, 0.5) is 0 Å². The van der Waals surface area contributed by atoms with Gasteiger partial charge in [0.15, 0.2) is 0 Å². The Morgan fingerprint density at radius 2 is 1.55 bits per heavy atom. The highest BCUT2D eigenvalue weighted by molar-refractivity contribution is 6.31. The van der Waals surface area contributed by atoms with Crippen LogP contribution in [0.25, 0.3) is 0 Å². The van der Waals surface area contributed by atoms with E-state index in [2.05, 4.69) is 38.1 Å². The second kappa shape index (κ2) is 7.15. The Balaban J connectivity index is 2.10. The number of rotatable bonds is 5. The molecule has 2 aromatic carbocycles. The van der Waals surface area contributed by atoms with Gasteiger partial charge in [-0.2, -0.15) is 0 Å². The second-order valence-electron chi connectivity index (χ2n) is 5.24. The smallest absolute Gasteiger partial charge is 0.0626 e. The van der Waals surface area contributed by atoms with E-state index >= 15 is 0 Å². The van der Waals surface area contributed by atoms with E-state index < -0.39 is 0 Å². The quantitative estimate of drug-likeness (QED) is 0.562. The predicted octanol–water partition coefficient (Wildman–Crippen LogP) is 6.38. The van der Waals surface area contributed by atoms with Gasteiger partial charge in [-0.15, -0.1) is 11.6 Å². The lowest BCUT2D eigenvalue weighted by Gasteiger charge is -2.14. The summed E-state index contributed by atoms with van der Waals surface area (Å²) in [7, 11) is 0. The molecule has 0 saturated heterocycles. The molecule has 0 aliphatic rings. The topological polar surface area (TPSA) is 0 Å². The molecule has 0 bridgehead atoms. The number of alkyl halides is 1. The highest BCUT2D eigenvalue weighted by atomic mass is 35.5. The fourth-order valence-corrected chi connectivity index (χ4v) is 2.77. The summed E-state index contributed by atoms with van der Waals surface area (Å²) < 4.78 is 0. The maximum absolute atomic E-state index is 6.52. The van der Waals surface area contributed by atoms with Crippen molar-refractivity contribution in [1.29, 1.82) is 0 Å². The van der Waals surface area contributed by atoms with Crippen molar-refractivity contribution >= 4 is 23.2 Å². The van der Waals surface area contributed by atoms with E-state index in [-0.39, 0.29) is 5.38 Å². The average molecular weight is 307 g/mol. The molecule has 106 valence electrons. The molecule has 2 atom stereocenters. The molecule has 2 unspecified atom stereocenters. The van der Waals surface area contributed by atoms with E-state index in [1.807, 2.05) is 24.3 Å². The van der Waals surface area contributed by atoms with E-state index in [4.69, 9.17) is 23.2 Å². The van der Waals surface area contributed by atoms with Crippen molar-refractivity contribution in [2.24, 2.45) is 0 Å². The summed E-state index contributed by atoms with van der Waals surface area (Å²) in [6, 6.07) is 16.5. The minimum atomic E-state index is -0.0408. The van der Waals surface area contributed by atoms with E-state index in [0.29, 0.717) is 5.92 Å². The summed E-state index contributed by atoms with van der Waals surface area (Å²) in [6.07, 6.45) is 1.91. The molecule has 0 N–H and O–H groups in total. The van der Waals surface area contributed by atoms with E-state index in [1.165, 1.54) is 5.56 Å². The molecule has 0 radical (unpaired) electrons. The molecule has 0 amide bonds. The summed E-state index contributed by atoms with van der Waals surface area (Å²) in [5.74, 6) is 0.599. The minimum absolute atomic E-state index is 0.0408. The Kier molecular flexibility index (Phi) is 5.51. The highest BCUT2D eigenvalue weighted by Gasteiger charge is 2.11. The molecule has 0 nitrogen and oxygen atoms in total. The molecule has 0 spiro atoms. The Morgan fingerprint density at radius 3 is 2.15 bits per heavy atom. The SMILES string of the molecule is CCC(C)c1ccc(C(Cl)Cc2ccccc2Cl)cc1. The zero-order chi connectivity index (χ0) is 14.5. The third-order valence-electron chi connectivity index (χ3n) is 3.84. The lowest BCUT2D eigenvalue weighted by Crippen LogP contribution is -1.98. The maximum atomic E-state index is 6.52. The van der Waals surface area contributed by atoms with Gasteiger partial charge in [0.2, 0.25) is 0 Å². The first-order valence-electron chi connectivity index (χ1n) is 7.09. The molecule has 0 aliphatic heterocycles. The van der Waals surface area contributed by atoms with Crippen LogP contribution in [0.1, 0.15) is 48.3 Å². The Morgan fingerprint density at radius 1 is 0.950 bits per heavy atom. The number of hydrogen-bond acceptors (Lipinski definition) is 0. The standard InChI is InChI=1S/C18H20Cl2/c1-3-13(2)14-8-10-15(11-9-14)18(20)12-16-6-4-5-7-17(16)19/h4-11,13,18H,3,12H2,1-2H3. The van der Waals surface area contributed by atoms with E-state index in [9.17, 15) is 0 Å². The van der Waals surface area contributed by atoms with Crippen molar-refractivity contribution < 1.29 is 0 Å². The van der Waals surface area contributed by atoms with Crippen molar-refractivity contribution in [2.45, 2.75) is 38.0 Å². The van der Waals surface area contributed by atoms with Gasteiger partial charge in [0, 0.05) is 5.02 Å². The predicted molar refractivity (Wildman–Crippen MR) is 88.9 cm³/mol. The van der Waals surface area contributed by atoms with Crippen molar-refractivity contribution in [3.8, 4) is 0 Å². The molecule has 0 aliphatic carbocycles. The first-order valence-corrected chi connectivity index (χ1v) is 7.90. The van der Waals surface area contributed by atoms with Gasteiger partial charge in [-0.05, 0) is 41.5 Å². The van der Waals surface area contributed by atoms with Gasteiger partial charge in [-0.25, -0.2) is 0 Å².